The molecule has 0 aliphatic rings. The summed E-state index contributed by atoms with van der Waals surface area (Å²) >= 11 is 0. The maximum absolute atomic E-state index is 9.50. The van der Waals surface area contributed by atoms with Crippen molar-refractivity contribution in [3.8, 4) is 0 Å². The Hall–Kier alpha value is -0.840. The molecule has 0 spiro atoms. The number of hydrogen-bond acceptors (Lipinski definition) is 3. The normalized spacial score (nSPS) is 10.1. The zero-order valence-electron chi connectivity index (χ0n) is 10.00. The van der Waals surface area contributed by atoms with Gasteiger partial charge < -0.3 is 5.32 Å². The van der Waals surface area contributed by atoms with Crippen LogP contribution in [0.3, 0.4) is 0 Å². The number of nitrogens with one attached hydrogen (secondary N) is 2. The van der Waals surface area contributed by atoms with E-state index in [1.54, 1.807) is 13.8 Å². The zero-order chi connectivity index (χ0) is 11.7. The molecular weight excluding hydrogens is 182 g/mol. The molecule has 0 fully saturated rings. The van der Waals surface area contributed by atoms with Crippen molar-refractivity contribution in [3.63, 3.8) is 0 Å². The average molecular weight is 205 g/mol. The lowest BCUT2D eigenvalue weighted by atomic mass is 10.3. The molecule has 0 saturated heterocycles. The summed E-state index contributed by atoms with van der Waals surface area (Å²) in [5.74, 6) is 0. The molecule has 0 heterocycles. The van der Waals surface area contributed by atoms with E-state index in [4.69, 9.17) is 0 Å². The van der Waals surface area contributed by atoms with Crippen molar-refractivity contribution in [3.05, 3.63) is 10.1 Å². The fourth-order valence-electron chi connectivity index (χ4n) is 0.877. The zero-order valence-corrected chi connectivity index (χ0v) is 10.00. The fraction of sp³-hybridized carbons (Fsp3) is 1.00. The highest BCUT2D eigenvalue weighted by Crippen LogP contribution is 1.80. The maximum atomic E-state index is 9.50. The van der Waals surface area contributed by atoms with Gasteiger partial charge in [0, 0.05) is 12.1 Å². The monoisotopic (exact) mass is 205 g/mol. The van der Waals surface area contributed by atoms with Crippen LogP contribution in [0.15, 0.2) is 0 Å². The molecule has 0 aromatic rings. The van der Waals surface area contributed by atoms with Crippen LogP contribution in [0.1, 0.15) is 41.5 Å². The van der Waals surface area contributed by atoms with Gasteiger partial charge in [0.1, 0.15) is 0 Å². The molecule has 0 rings (SSSR count). The first-order valence-corrected chi connectivity index (χ1v) is 4.92. The first kappa shape index (κ1) is 15.6. The molecule has 0 bridgehead atoms. The molecule has 5 heteroatoms. The Labute approximate surface area is 86.4 Å². The van der Waals surface area contributed by atoms with Crippen LogP contribution in [0.4, 0.5) is 0 Å². The van der Waals surface area contributed by atoms with Crippen LogP contribution in [0.25, 0.3) is 0 Å². The summed E-state index contributed by atoms with van der Waals surface area (Å²) in [4.78, 5) is 9.50. The Kier molecular flexibility index (Phi) is 9.76. The Morgan fingerprint density at radius 3 is 1.29 bits per heavy atom. The van der Waals surface area contributed by atoms with Crippen LogP contribution in [-0.2, 0) is 0 Å². The van der Waals surface area contributed by atoms with Gasteiger partial charge in [0.25, 0.3) is 0 Å². The topological polar surface area (TPSA) is 67.2 Å². The molecular formula is C9H23N3O2. The van der Waals surface area contributed by atoms with Crippen molar-refractivity contribution in [1.29, 1.82) is 0 Å². The number of nitrogens with zero attached hydrogens (tertiary/aromatic N) is 1. The van der Waals surface area contributed by atoms with Gasteiger partial charge >= 0.3 is 0 Å². The molecule has 86 valence electrons. The van der Waals surface area contributed by atoms with Crippen molar-refractivity contribution in [2.45, 2.75) is 59.7 Å². The van der Waals surface area contributed by atoms with Crippen LogP contribution in [0.5, 0.6) is 0 Å². The second-order valence-electron chi connectivity index (χ2n) is 4.02. The van der Waals surface area contributed by atoms with Gasteiger partial charge in [-0.1, -0.05) is 27.7 Å². The summed E-state index contributed by atoms with van der Waals surface area (Å²) in [5, 5.41) is 12.3. The number of hydrazine groups is 1. The third-order valence-corrected chi connectivity index (χ3v) is 1.03. The van der Waals surface area contributed by atoms with Crippen LogP contribution in [0.2, 0.25) is 0 Å². The van der Waals surface area contributed by atoms with E-state index in [1.807, 2.05) is 5.43 Å². The summed E-state index contributed by atoms with van der Waals surface area (Å²) in [6, 6.07) is 1.18. The minimum Gasteiger partial charge on any atom is -0.312 e. The predicted molar refractivity (Wildman–Crippen MR) is 58.7 cm³/mol. The standard InChI is InChI=1S/C6H15N.C3H8N2O2/c1-5(2)7-6(3)4;1-3(2)4-5(6)7/h5-7H,1-4H3;3-4H,1-2H3. The highest BCUT2D eigenvalue weighted by atomic mass is 16.7. The molecule has 0 radical (unpaired) electrons. The van der Waals surface area contributed by atoms with E-state index < -0.39 is 5.03 Å². The molecule has 0 atom stereocenters. The van der Waals surface area contributed by atoms with Crippen LogP contribution in [-0.4, -0.2) is 23.2 Å². The van der Waals surface area contributed by atoms with Gasteiger partial charge in [0.2, 0.25) is 0 Å². The van der Waals surface area contributed by atoms with Gasteiger partial charge in [-0.3, -0.25) is 0 Å². The minimum atomic E-state index is -0.551. The summed E-state index contributed by atoms with van der Waals surface area (Å²) in [7, 11) is 0. The van der Waals surface area contributed by atoms with Crippen molar-refractivity contribution in [2.75, 3.05) is 0 Å². The fourth-order valence-corrected chi connectivity index (χ4v) is 0.877. The van der Waals surface area contributed by atoms with Gasteiger partial charge in [0.15, 0.2) is 5.03 Å². The first-order valence-electron chi connectivity index (χ1n) is 4.92. The lowest BCUT2D eigenvalue weighted by molar-refractivity contribution is -0.549. The van der Waals surface area contributed by atoms with E-state index in [9.17, 15) is 10.1 Å². The van der Waals surface area contributed by atoms with E-state index in [0.29, 0.717) is 12.1 Å². The number of hydrogen-bond donors (Lipinski definition) is 2. The lowest BCUT2D eigenvalue weighted by Crippen LogP contribution is -2.29. The first-order chi connectivity index (χ1) is 6.25. The molecule has 0 aromatic heterocycles. The Morgan fingerprint density at radius 1 is 0.929 bits per heavy atom. The Bertz CT molecular complexity index is 141. The molecule has 2 N–H and O–H groups in total. The second kappa shape index (κ2) is 8.74. The van der Waals surface area contributed by atoms with Crippen LogP contribution >= 0.6 is 0 Å². The van der Waals surface area contributed by atoms with Crippen LogP contribution < -0.4 is 10.7 Å². The number of nitro groups is 1. The van der Waals surface area contributed by atoms with Crippen molar-refractivity contribution >= 4 is 0 Å². The molecule has 0 aromatic carbocycles. The second-order valence-corrected chi connectivity index (χ2v) is 4.02. The molecule has 0 amide bonds. The lowest BCUT2D eigenvalue weighted by Gasteiger charge is -2.10. The van der Waals surface area contributed by atoms with Gasteiger partial charge in [-0.15, -0.1) is 5.43 Å². The van der Waals surface area contributed by atoms with E-state index in [2.05, 4.69) is 33.0 Å². The summed E-state index contributed by atoms with van der Waals surface area (Å²) in [5.41, 5.74) is 2.03. The maximum Gasteiger partial charge on any atom is 0.157 e. The van der Waals surface area contributed by atoms with Crippen molar-refractivity contribution in [1.82, 2.24) is 10.7 Å². The predicted octanol–water partition coefficient (Wildman–Crippen LogP) is 1.57. The third-order valence-electron chi connectivity index (χ3n) is 1.03. The van der Waals surface area contributed by atoms with Gasteiger partial charge in [-0.2, -0.15) is 0 Å². The van der Waals surface area contributed by atoms with Crippen molar-refractivity contribution < 1.29 is 5.03 Å². The highest BCUT2D eigenvalue weighted by Gasteiger charge is 1.95. The SMILES string of the molecule is CC(C)NC(C)C.CC(C)N[N+](=O)[O-]. The minimum absolute atomic E-state index is 0.0741. The van der Waals surface area contributed by atoms with Gasteiger partial charge in [0.05, 0.1) is 6.04 Å². The molecule has 0 aliphatic carbocycles. The Balaban J connectivity index is 0. The number of rotatable bonds is 4. The molecule has 5 nitrogen and oxygen atoms in total. The third kappa shape index (κ3) is 22.5. The van der Waals surface area contributed by atoms with E-state index in [1.165, 1.54) is 0 Å². The Morgan fingerprint density at radius 2 is 1.29 bits per heavy atom. The smallest absolute Gasteiger partial charge is 0.157 e. The molecule has 0 unspecified atom stereocenters. The quantitative estimate of drug-likeness (QED) is 0.540. The summed E-state index contributed by atoms with van der Waals surface area (Å²) in [6.07, 6.45) is 0. The van der Waals surface area contributed by atoms with E-state index in [-0.39, 0.29) is 6.04 Å². The average Bonchev–Trinajstić information content (AvgIpc) is 1.79. The van der Waals surface area contributed by atoms with Gasteiger partial charge in [-0.05, 0) is 13.8 Å². The largest absolute Gasteiger partial charge is 0.312 e. The summed E-state index contributed by atoms with van der Waals surface area (Å²) < 4.78 is 0. The molecule has 0 saturated carbocycles. The van der Waals surface area contributed by atoms with Gasteiger partial charge in [-0.25, -0.2) is 10.1 Å². The molecule has 14 heavy (non-hydrogen) atoms. The van der Waals surface area contributed by atoms with Crippen molar-refractivity contribution in [2.24, 2.45) is 0 Å². The van der Waals surface area contributed by atoms with E-state index >= 15 is 0 Å². The molecule has 0 aliphatic heterocycles. The van der Waals surface area contributed by atoms with Crippen LogP contribution in [0, 0.1) is 10.1 Å². The van der Waals surface area contributed by atoms with E-state index in [0.717, 1.165) is 0 Å². The highest BCUT2D eigenvalue weighted by molar-refractivity contribution is 4.55. The summed E-state index contributed by atoms with van der Waals surface area (Å²) in [6.45, 7) is 12.0.